The lowest BCUT2D eigenvalue weighted by atomic mass is 9.99. The maximum atomic E-state index is 7.86. The van der Waals surface area contributed by atoms with Crippen LogP contribution in [0, 0.1) is 5.41 Å². The molecule has 4 heteroatoms. The number of rotatable bonds is 2. The first-order chi connectivity index (χ1) is 9.50. The van der Waals surface area contributed by atoms with E-state index in [1.165, 1.54) is 6.42 Å². The van der Waals surface area contributed by atoms with Gasteiger partial charge in [-0.15, -0.1) is 0 Å². The van der Waals surface area contributed by atoms with E-state index in [4.69, 9.17) is 11.1 Å². The summed E-state index contributed by atoms with van der Waals surface area (Å²) < 4.78 is 0. The summed E-state index contributed by atoms with van der Waals surface area (Å²) in [6.07, 6.45) is 4.05. The molecular formula is C16H20N4. The van der Waals surface area contributed by atoms with Gasteiger partial charge in [0.05, 0.1) is 16.8 Å². The van der Waals surface area contributed by atoms with E-state index >= 15 is 0 Å². The highest BCUT2D eigenvalue weighted by atomic mass is 15.2. The van der Waals surface area contributed by atoms with Gasteiger partial charge in [-0.1, -0.05) is 18.2 Å². The highest BCUT2D eigenvalue weighted by Crippen LogP contribution is 2.39. The number of nitrogens with two attached hydrogens (primary N) is 1. The van der Waals surface area contributed by atoms with Crippen molar-refractivity contribution in [3.63, 3.8) is 0 Å². The van der Waals surface area contributed by atoms with Crippen molar-refractivity contribution in [1.29, 1.82) is 5.41 Å². The van der Waals surface area contributed by atoms with Crippen molar-refractivity contribution in [2.45, 2.75) is 32.2 Å². The van der Waals surface area contributed by atoms with Crippen LogP contribution in [0.4, 0.5) is 5.69 Å². The molecular weight excluding hydrogens is 248 g/mol. The molecule has 2 heterocycles. The lowest BCUT2D eigenvalue weighted by molar-refractivity contribution is 0.518. The molecule has 1 aromatic carbocycles. The minimum atomic E-state index is 0.0842. The van der Waals surface area contributed by atoms with Gasteiger partial charge in [0.15, 0.2) is 0 Å². The molecule has 0 unspecified atom stereocenters. The molecule has 1 aliphatic heterocycles. The molecule has 0 aliphatic carbocycles. The van der Waals surface area contributed by atoms with E-state index in [1.807, 2.05) is 18.2 Å². The average Bonchev–Trinajstić information content (AvgIpc) is 2.76. The van der Waals surface area contributed by atoms with Crippen molar-refractivity contribution >= 4 is 22.4 Å². The molecule has 0 spiro atoms. The Hall–Kier alpha value is -2.10. The topological polar surface area (TPSA) is 66.0 Å². The van der Waals surface area contributed by atoms with Gasteiger partial charge in [0.2, 0.25) is 0 Å². The normalized spacial score (nSPS) is 17.6. The fraction of sp³-hybridized carbons (Fsp3) is 0.375. The maximum absolute atomic E-state index is 7.86. The van der Waals surface area contributed by atoms with E-state index in [0.717, 1.165) is 35.1 Å². The summed E-state index contributed by atoms with van der Waals surface area (Å²) in [7, 11) is 0. The van der Waals surface area contributed by atoms with Crippen molar-refractivity contribution in [1.82, 2.24) is 4.98 Å². The van der Waals surface area contributed by atoms with Crippen LogP contribution >= 0.6 is 0 Å². The predicted molar refractivity (Wildman–Crippen MR) is 83.4 cm³/mol. The summed E-state index contributed by atoms with van der Waals surface area (Å²) >= 11 is 0. The average molecular weight is 268 g/mol. The van der Waals surface area contributed by atoms with Crippen molar-refractivity contribution < 1.29 is 0 Å². The second kappa shape index (κ2) is 4.47. The van der Waals surface area contributed by atoms with Gasteiger partial charge in [0, 0.05) is 23.7 Å². The number of pyridine rings is 1. The van der Waals surface area contributed by atoms with E-state index in [-0.39, 0.29) is 11.4 Å². The zero-order valence-electron chi connectivity index (χ0n) is 12.0. The Morgan fingerprint density at radius 2 is 2.10 bits per heavy atom. The molecule has 3 N–H and O–H groups in total. The van der Waals surface area contributed by atoms with Gasteiger partial charge in [0.25, 0.3) is 0 Å². The first-order valence-electron chi connectivity index (χ1n) is 7.00. The summed E-state index contributed by atoms with van der Waals surface area (Å²) in [6, 6.07) is 8.08. The second-order valence-corrected chi connectivity index (χ2v) is 6.02. The third-order valence-electron chi connectivity index (χ3n) is 4.21. The predicted octanol–water partition coefficient (Wildman–Crippen LogP) is 2.90. The first-order valence-corrected chi connectivity index (χ1v) is 7.00. The summed E-state index contributed by atoms with van der Waals surface area (Å²) in [6.45, 7) is 5.50. The molecule has 20 heavy (non-hydrogen) atoms. The molecule has 1 aromatic heterocycles. The zero-order valence-corrected chi connectivity index (χ0v) is 12.0. The van der Waals surface area contributed by atoms with Crippen LogP contribution < -0.4 is 10.6 Å². The number of aromatic nitrogens is 1. The number of nitrogens with zero attached hydrogens (tertiary/aromatic N) is 2. The molecule has 0 atom stereocenters. The molecule has 1 saturated heterocycles. The molecule has 3 rings (SSSR count). The second-order valence-electron chi connectivity index (χ2n) is 6.02. The lowest BCUT2D eigenvalue weighted by Gasteiger charge is -2.35. The number of benzene rings is 1. The number of hydrogen-bond donors (Lipinski definition) is 2. The summed E-state index contributed by atoms with van der Waals surface area (Å²) in [4.78, 5) is 6.82. The van der Waals surface area contributed by atoms with Crippen LogP contribution in [-0.4, -0.2) is 22.9 Å². The number of hydrogen-bond acceptors (Lipinski definition) is 3. The molecule has 2 aromatic rings. The summed E-state index contributed by atoms with van der Waals surface area (Å²) in [5.74, 6) is 0.0842. The smallest absolute Gasteiger partial charge is 0.126 e. The Kier molecular flexibility index (Phi) is 2.89. The van der Waals surface area contributed by atoms with Crippen LogP contribution in [0.2, 0.25) is 0 Å². The number of amidine groups is 1. The largest absolute Gasteiger partial charge is 0.384 e. The first kappa shape index (κ1) is 12.9. The fourth-order valence-corrected chi connectivity index (χ4v) is 3.14. The standard InChI is InChI=1S/C16H20N4/c1-16(2)8-5-9-20(16)14-11-6-3-4-7-13(11)19-10-12(14)15(17)18/h3-4,6-7,10H,5,8-9H2,1-2H3,(H3,17,18). The van der Waals surface area contributed by atoms with Gasteiger partial charge < -0.3 is 10.6 Å². The van der Waals surface area contributed by atoms with Gasteiger partial charge in [-0.25, -0.2) is 0 Å². The zero-order chi connectivity index (χ0) is 14.3. The fourth-order valence-electron chi connectivity index (χ4n) is 3.14. The third kappa shape index (κ3) is 1.92. The van der Waals surface area contributed by atoms with Gasteiger partial charge in [-0.2, -0.15) is 0 Å². The van der Waals surface area contributed by atoms with Crippen LogP contribution in [0.1, 0.15) is 32.3 Å². The van der Waals surface area contributed by atoms with Gasteiger partial charge in [-0.05, 0) is 32.8 Å². The molecule has 0 bridgehead atoms. The monoisotopic (exact) mass is 268 g/mol. The van der Waals surface area contributed by atoms with Gasteiger partial charge >= 0.3 is 0 Å². The quantitative estimate of drug-likeness (QED) is 0.650. The van der Waals surface area contributed by atoms with Crippen molar-refractivity contribution in [3.05, 3.63) is 36.0 Å². The third-order valence-corrected chi connectivity index (χ3v) is 4.21. The summed E-state index contributed by atoms with van der Waals surface area (Å²) in [5.41, 5.74) is 8.62. The Morgan fingerprint density at radius 3 is 2.75 bits per heavy atom. The Balaban J connectivity index is 2.30. The highest BCUT2D eigenvalue weighted by molar-refractivity contribution is 6.08. The summed E-state index contributed by atoms with van der Waals surface area (Å²) in [5, 5.41) is 8.93. The van der Waals surface area contributed by atoms with Crippen molar-refractivity contribution in [2.24, 2.45) is 5.73 Å². The minimum absolute atomic E-state index is 0.0842. The van der Waals surface area contributed by atoms with Gasteiger partial charge in [0.1, 0.15) is 5.84 Å². The van der Waals surface area contributed by atoms with Crippen molar-refractivity contribution in [3.8, 4) is 0 Å². The molecule has 1 fully saturated rings. The molecule has 0 radical (unpaired) electrons. The maximum Gasteiger partial charge on any atom is 0.126 e. The molecule has 0 amide bonds. The lowest BCUT2D eigenvalue weighted by Crippen LogP contribution is -2.39. The van der Waals surface area contributed by atoms with Crippen molar-refractivity contribution in [2.75, 3.05) is 11.4 Å². The van der Waals surface area contributed by atoms with Crippen LogP contribution in [0.15, 0.2) is 30.5 Å². The van der Waals surface area contributed by atoms with E-state index in [0.29, 0.717) is 0 Å². The molecule has 4 nitrogen and oxygen atoms in total. The Bertz CT molecular complexity index is 675. The number of nitrogens with one attached hydrogen (secondary N) is 1. The molecule has 1 aliphatic rings. The Labute approximate surface area is 119 Å². The van der Waals surface area contributed by atoms with Crippen LogP contribution in [-0.2, 0) is 0 Å². The van der Waals surface area contributed by atoms with Gasteiger partial charge in [-0.3, -0.25) is 10.4 Å². The minimum Gasteiger partial charge on any atom is -0.384 e. The molecule has 0 saturated carbocycles. The molecule has 104 valence electrons. The SMILES string of the molecule is CC1(C)CCCN1c1c(C(=N)N)cnc2ccccc12. The van der Waals surface area contributed by atoms with E-state index in [2.05, 4.69) is 29.8 Å². The van der Waals surface area contributed by atoms with E-state index < -0.39 is 0 Å². The number of para-hydroxylation sites is 1. The van der Waals surface area contributed by atoms with E-state index in [1.54, 1.807) is 6.20 Å². The van der Waals surface area contributed by atoms with Crippen LogP contribution in [0.25, 0.3) is 10.9 Å². The number of nitrogen functional groups attached to an aromatic ring is 1. The Morgan fingerprint density at radius 1 is 1.35 bits per heavy atom. The number of anilines is 1. The highest BCUT2D eigenvalue weighted by Gasteiger charge is 2.34. The van der Waals surface area contributed by atoms with E-state index in [9.17, 15) is 0 Å². The van der Waals surface area contributed by atoms with Crippen LogP contribution in [0.5, 0.6) is 0 Å². The van der Waals surface area contributed by atoms with Crippen LogP contribution in [0.3, 0.4) is 0 Å². The number of fused-ring (bicyclic) bond motifs is 1.